The Bertz CT molecular complexity index is 979. The Morgan fingerprint density at radius 3 is 2.44 bits per heavy atom. The quantitative estimate of drug-likeness (QED) is 0.659. The van der Waals surface area contributed by atoms with E-state index in [0.29, 0.717) is 29.0 Å². The molecule has 0 aliphatic rings. The van der Waals surface area contributed by atoms with Crippen molar-refractivity contribution in [2.24, 2.45) is 0 Å². The van der Waals surface area contributed by atoms with Crippen molar-refractivity contribution in [2.45, 2.75) is 13.3 Å². The van der Waals surface area contributed by atoms with Crippen LogP contribution in [0, 0.1) is 6.92 Å². The number of rotatable bonds is 6. The van der Waals surface area contributed by atoms with Gasteiger partial charge in [0.05, 0.1) is 12.7 Å². The van der Waals surface area contributed by atoms with E-state index in [1.54, 1.807) is 49.6 Å². The fourth-order valence-corrected chi connectivity index (χ4v) is 2.67. The molecule has 0 aliphatic heterocycles. The van der Waals surface area contributed by atoms with Crippen molar-refractivity contribution >= 4 is 5.91 Å². The van der Waals surface area contributed by atoms with Crippen molar-refractivity contribution in [3.8, 4) is 11.5 Å². The molecule has 0 atom stereocenters. The molecule has 0 saturated heterocycles. The van der Waals surface area contributed by atoms with Gasteiger partial charge in [-0.3, -0.25) is 9.59 Å². The second kappa shape index (κ2) is 8.23. The van der Waals surface area contributed by atoms with Gasteiger partial charge in [0.1, 0.15) is 5.75 Å². The van der Waals surface area contributed by atoms with Crippen LogP contribution in [0.2, 0.25) is 0 Å². The number of aromatic amines is 1. The normalized spacial score (nSPS) is 10.3. The lowest BCUT2D eigenvalue weighted by molar-refractivity contribution is 0.0760. The predicted octanol–water partition coefficient (Wildman–Crippen LogP) is 3.01. The third-order valence-corrected chi connectivity index (χ3v) is 4.05. The number of hydroxylamine groups is 1. The first-order chi connectivity index (χ1) is 13.1. The Balaban J connectivity index is 1.66. The number of benzene rings is 2. The molecule has 0 spiro atoms. The summed E-state index contributed by atoms with van der Waals surface area (Å²) in [7, 11) is 1.55. The van der Waals surface area contributed by atoms with Gasteiger partial charge in [0.15, 0.2) is 5.75 Å². The maximum atomic E-state index is 12.2. The van der Waals surface area contributed by atoms with Gasteiger partial charge in [0.25, 0.3) is 11.5 Å². The van der Waals surface area contributed by atoms with E-state index in [4.69, 9.17) is 9.57 Å². The Morgan fingerprint density at radius 1 is 1.07 bits per heavy atom. The van der Waals surface area contributed by atoms with E-state index in [9.17, 15) is 9.59 Å². The van der Waals surface area contributed by atoms with Crippen LogP contribution in [0.4, 0.5) is 0 Å². The molecule has 27 heavy (non-hydrogen) atoms. The first-order valence-corrected chi connectivity index (χ1v) is 8.45. The van der Waals surface area contributed by atoms with Crippen LogP contribution >= 0.6 is 0 Å². The largest absolute Gasteiger partial charge is 0.496 e. The molecule has 6 nitrogen and oxygen atoms in total. The number of nitrogens with one attached hydrogen (secondary N) is 2. The van der Waals surface area contributed by atoms with Crippen molar-refractivity contribution in [2.75, 3.05) is 7.11 Å². The highest BCUT2D eigenvalue weighted by Gasteiger charge is 2.10. The lowest BCUT2D eigenvalue weighted by Crippen LogP contribution is -2.26. The number of hydrogen-bond acceptors (Lipinski definition) is 4. The van der Waals surface area contributed by atoms with E-state index in [1.165, 1.54) is 0 Å². The molecular formula is C21H20N2O4. The molecule has 0 unspecified atom stereocenters. The summed E-state index contributed by atoms with van der Waals surface area (Å²) in [6.45, 7) is 1.81. The van der Waals surface area contributed by atoms with Crippen molar-refractivity contribution in [3.05, 3.63) is 93.4 Å². The molecule has 2 aromatic carbocycles. The first kappa shape index (κ1) is 18.3. The molecule has 0 fully saturated rings. The molecule has 2 N–H and O–H groups in total. The van der Waals surface area contributed by atoms with Gasteiger partial charge in [-0.05, 0) is 42.8 Å². The number of aryl methyl sites for hydroxylation is 1. The second-order valence-electron chi connectivity index (χ2n) is 6.05. The maximum absolute atomic E-state index is 12.2. The molecule has 1 aromatic heterocycles. The van der Waals surface area contributed by atoms with Crippen molar-refractivity contribution in [1.82, 2.24) is 10.5 Å². The Hall–Kier alpha value is -3.54. The summed E-state index contributed by atoms with van der Waals surface area (Å²) in [5.74, 6) is 0.732. The number of ether oxygens (including phenoxy) is 1. The smallest absolute Gasteiger partial charge is 0.283 e. The van der Waals surface area contributed by atoms with E-state index < -0.39 is 0 Å². The van der Waals surface area contributed by atoms with E-state index >= 15 is 0 Å². The van der Waals surface area contributed by atoms with Crippen molar-refractivity contribution < 1.29 is 14.4 Å². The molecule has 138 valence electrons. The lowest BCUT2D eigenvalue weighted by Gasteiger charge is -2.10. The van der Waals surface area contributed by atoms with Crippen LogP contribution in [-0.2, 0) is 6.42 Å². The molecule has 3 rings (SSSR count). The van der Waals surface area contributed by atoms with Gasteiger partial charge in [0.2, 0.25) is 0 Å². The van der Waals surface area contributed by atoms with Crippen LogP contribution in [0.15, 0.2) is 65.5 Å². The summed E-state index contributed by atoms with van der Waals surface area (Å²) < 4.78 is 5.32. The zero-order valence-electron chi connectivity index (χ0n) is 15.1. The van der Waals surface area contributed by atoms with Crippen LogP contribution in [0.1, 0.15) is 27.2 Å². The number of carbonyl (C=O) groups is 1. The predicted molar refractivity (Wildman–Crippen MR) is 102 cm³/mol. The maximum Gasteiger partial charge on any atom is 0.283 e. The number of H-pyrrole nitrogens is 1. The van der Waals surface area contributed by atoms with E-state index in [2.05, 4.69) is 10.5 Å². The van der Waals surface area contributed by atoms with Crippen LogP contribution in [0.5, 0.6) is 11.5 Å². The number of pyridine rings is 1. The molecule has 0 aliphatic carbocycles. The Kier molecular flexibility index (Phi) is 5.56. The summed E-state index contributed by atoms with van der Waals surface area (Å²) in [5, 5.41) is 0. The summed E-state index contributed by atoms with van der Waals surface area (Å²) in [6.07, 6.45) is 0.426. The van der Waals surface area contributed by atoms with Crippen LogP contribution in [-0.4, -0.2) is 18.0 Å². The zero-order chi connectivity index (χ0) is 19.2. The van der Waals surface area contributed by atoms with Crippen molar-refractivity contribution in [1.29, 1.82) is 0 Å². The van der Waals surface area contributed by atoms with Crippen LogP contribution in [0.3, 0.4) is 0 Å². The van der Waals surface area contributed by atoms with Gasteiger partial charge in [-0.15, -0.1) is 0 Å². The SMILES string of the molecule is COc1cc(C)[nH]c(=O)c1Cc1ccc(ONC(=O)c2ccccc2)cc1. The minimum Gasteiger partial charge on any atom is -0.496 e. The van der Waals surface area contributed by atoms with Gasteiger partial charge in [0, 0.05) is 17.7 Å². The fraction of sp³-hybridized carbons (Fsp3) is 0.143. The summed E-state index contributed by atoms with van der Waals surface area (Å²) in [6, 6.07) is 17.7. The molecular weight excluding hydrogens is 344 g/mol. The number of aromatic nitrogens is 1. The van der Waals surface area contributed by atoms with Gasteiger partial charge >= 0.3 is 0 Å². The Labute approximate surface area is 156 Å². The fourth-order valence-electron chi connectivity index (χ4n) is 2.67. The minimum absolute atomic E-state index is 0.165. The summed E-state index contributed by atoms with van der Waals surface area (Å²) >= 11 is 0. The highest BCUT2D eigenvalue weighted by Crippen LogP contribution is 2.20. The molecule has 0 bridgehead atoms. The molecule has 1 heterocycles. The van der Waals surface area contributed by atoms with E-state index in [1.807, 2.05) is 25.1 Å². The van der Waals surface area contributed by atoms with Crippen LogP contribution in [0.25, 0.3) is 0 Å². The van der Waals surface area contributed by atoms with Gasteiger partial charge in [-0.2, -0.15) is 5.48 Å². The summed E-state index contributed by atoms with van der Waals surface area (Å²) in [5.41, 5.74) is 4.99. The highest BCUT2D eigenvalue weighted by molar-refractivity contribution is 5.93. The van der Waals surface area contributed by atoms with Crippen LogP contribution < -0.4 is 20.6 Å². The molecule has 0 saturated carbocycles. The van der Waals surface area contributed by atoms with Gasteiger partial charge < -0.3 is 14.6 Å². The number of carbonyl (C=O) groups excluding carboxylic acids is 1. The highest BCUT2D eigenvalue weighted by atomic mass is 16.7. The summed E-state index contributed by atoms with van der Waals surface area (Å²) in [4.78, 5) is 32.3. The molecule has 1 amide bonds. The third kappa shape index (κ3) is 4.55. The molecule has 3 aromatic rings. The minimum atomic E-state index is -0.324. The average molecular weight is 364 g/mol. The lowest BCUT2D eigenvalue weighted by atomic mass is 10.1. The van der Waals surface area contributed by atoms with Gasteiger partial charge in [-0.25, -0.2) is 0 Å². The van der Waals surface area contributed by atoms with Crippen molar-refractivity contribution in [3.63, 3.8) is 0 Å². The average Bonchev–Trinajstić information content (AvgIpc) is 2.69. The topological polar surface area (TPSA) is 80.4 Å². The second-order valence-corrected chi connectivity index (χ2v) is 6.05. The van der Waals surface area contributed by atoms with Gasteiger partial charge in [-0.1, -0.05) is 30.3 Å². The molecule has 6 heteroatoms. The molecule has 0 radical (unpaired) electrons. The number of methoxy groups -OCH3 is 1. The third-order valence-electron chi connectivity index (χ3n) is 4.05. The Morgan fingerprint density at radius 2 is 1.78 bits per heavy atom. The van der Waals surface area contributed by atoms with E-state index in [-0.39, 0.29) is 11.5 Å². The first-order valence-electron chi connectivity index (χ1n) is 8.45. The monoisotopic (exact) mass is 364 g/mol. The number of hydrogen-bond donors (Lipinski definition) is 2. The number of amides is 1. The van der Waals surface area contributed by atoms with E-state index in [0.717, 1.165) is 11.3 Å². The standard InChI is InChI=1S/C21H20N2O4/c1-14-12-19(26-2)18(21(25)22-14)13-15-8-10-17(11-9-15)27-23-20(24)16-6-4-3-5-7-16/h3-12H,13H2,1-2H3,(H,22,25)(H,23,24). The zero-order valence-corrected chi connectivity index (χ0v) is 15.1.